The van der Waals surface area contributed by atoms with Crippen LogP contribution in [-0.4, -0.2) is 37.4 Å². The predicted octanol–water partition coefficient (Wildman–Crippen LogP) is 0.676. The van der Waals surface area contributed by atoms with Crippen LogP contribution in [0.5, 0.6) is 0 Å². The van der Waals surface area contributed by atoms with Gasteiger partial charge in [-0.3, -0.25) is 9.59 Å². The van der Waals surface area contributed by atoms with Crippen LogP contribution in [0.25, 0.3) is 0 Å². The SMILES string of the molecule is CN(C)C(=O)[C@@H](NC(=O)CNCl)c1ccccc1. The molecule has 5 nitrogen and oxygen atoms in total. The second-order valence-electron chi connectivity index (χ2n) is 3.95. The van der Waals surface area contributed by atoms with Crippen molar-refractivity contribution in [3.8, 4) is 0 Å². The quantitative estimate of drug-likeness (QED) is 0.773. The highest BCUT2D eigenvalue weighted by Crippen LogP contribution is 2.14. The highest BCUT2D eigenvalue weighted by Gasteiger charge is 2.23. The van der Waals surface area contributed by atoms with E-state index in [1.54, 1.807) is 26.2 Å². The highest BCUT2D eigenvalue weighted by atomic mass is 35.5. The molecule has 0 fully saturated rings. The Hall–Kier alpha value is -1.59. The maximum Gasteiger partial charge on any atom is 0.249 e. The molecular formula is C12H16ClN3O2. The number of halogens is 1. The van der Waals surface area contributed by atoms with Crippen LogP contribution in [0.1, 0.15) is 11.6 Å². The first kappa shape index (κ1) is 14.5. The maximum absolute atomic E-state index is 12.0. The van der Waals surface area contributed by atoms with E-state index in [4.69, 9.17) is 11.8 Å². The number of carbonyl (C=O) groups excluding carboxylic acids is 2. The van der Waals surface area contributed by atoms with E-state index in [-0.39, 0.29) is 18.4 Å². The summed E-state index contributed by atoms with van der Waals surface area (Å²) in [6.45, 7) is -0.0500. The Morgan fingerprint density at radius 1 is 1.28 bits per heavy atom. The lowest BCUT2D eigenvalue weighted by molar-refractivity contribution is -0.134. The summed E-state index contributed by atoms with van der Waals surface area (Å²) < 4.78 is 0. The fourth-order valence-electron chi connectivity index (χ4n) is 1.46. The van der Waals surface area contributed by atoms with Crippen LogP contribution >= 0.6 is 11.8 Å². The molecule has 1 aromatic carbocycles. The molecule has 2 amide bonds. The van der Waals surface area contributed by atoms with Crippen LogP contribution < -0.4 is 10.2 Å². The van der Waals surface area contributed by atoms with Crippen LogP contribution in [0.4, 0.5) is 0 Å². The van der Waals surface area contributed by atoms with E-state index in [1.165, 1.54) is 4.90 Å². The number of likely N-dealkylation sites (N-methyl/N-ethyl adjacent to an activating group) is 1. The third-order valence-electron chi connectivity index (χ3n) is 2.35. The smallest absolute Gasteiger partial charge is 0.249 e. The average Bonchev–Trinajstić information content (AvgIpc) is 2.36. The third-order valence-corrected chi connectivity index (χ3v) is 2.49. The topological polar surface area (TPSA) is 61.4 Å². The molecule has 0 bridgehead atoms. The molecule has 1 rings (SSSR count). The Morgan fingerprint density at radius 3 is 2.39 bits per heavy atom. The first-order chi connectivity index (χ1) is 8.56. The second-order valence-corrected chi connectivity index (χ2v) is 4.22. The normalized spacial score (nSPS) is 11.7. The molecule has 1 aromatic rings. The van der Waals surface area contributed by atoms with Crippen molar-refractivity contribution in [2.75, 3.05) is 20.6 Å². The molecule has 0 spiro atoms. The van der Waals surface area contributed by atoms with Crippen molar-refractivity contribution in [2.45, 2.75) is 6.04 Å². The molecule has 0 aliphatic carbocycles. The first-order valence-corrected chi connectivity index (χ1v) is 5.83. The van der Waals surface area contributed by atoms with Gasteiger partial charge in [0.05, 0.1) is 6.54 Å². The third kappa shape index (κ3) is 4.01. The summed E-state index contributed by atoms with van der Waals surface area (Å²) in [6.07, 6.45) is 0. The van der Waals surface area contributed by atoms with Crippen molar-refractivity contribution in [1.29, 1.82) is 0 Å². The molecule has 2 N–H and O–H groups in total. The van der Waals surface area contributed by atoms with E-state index in [9.17, 15) is 9.59 Å². The number of nitrogens with one attached hydrogen (secondary N) is 2. The van der Waals surface area contributed by atoms with Gasteiger partial charge in [-0.1, -0.05) is 30.3 Å². The number of carbonyl (C=O) groups is 2. The molecule has 0 aromatic heterocycles. The van der Waals surface area contributed by atoms with Gasteiger partial charge < -0.3 is 10.2 Å². The summed E-state index contributed by atoms with van der Waals surface area (Å²) in [4.78, 5) is 27.2. The molecule has 98 valence electrons. The van der Waals surface area contributed by atoms with Crippen LogP contribution in [0, 0.1) is 0 Å². The van der Waals surface area contributed by atoms with Crippen LogP contribution in [-0.2, 0) is 9.59 Å². The number of rotatable bonds is 5. The van der Waals surface area contributed by atoms with Crippen molar-refractivity contribution in [2.24, 2.45) is 0 Å². The predicted molar refractivity (Wildman–Crippen MR) is 69.9 cm³/mol. The molecule has 1 atom stereocenters. The summed E-state index contributed by atoms with van der Waals surface area (Å²) in [6, 6.07) is 8.37. The van der Waals surface area contributed by atoms with Crippen molar-refractivity contribution in [3.63, 3.8) is 0 Å². The number of benzene rings is 1. The van der Waals surface area contributed by atoms with Gasteiger partial charge in [0.2, 0.25) is 11.8 Å². The molecule has 0 unspecified atom stereocenters. The summed E-state index contributed by atoms with van der Waals surface area (Å²) in [5, 5.41) is 2.64. The zero-order chi connectivity index (χ0) is 13.5. The van der Waals surface area contributed by atoms with Gasteiger partial charge in [0.25, 0.3) is 0 Å². The molecule has 0 heterocycles. The van der Waals surface area contributed by atoms with Crippen LogP contribution in [0.2, 0.25) is 0 Å². The highest BCUT2D eigenvalue weighted by molar-refractivity contribution is 6.14. The Balaban J connectivity index is 2.89. The molecule has 0 radical (unpaired) electrons. The summed E-state index contributed by atoms with van der Waals surface area (Å²) in [7, 11) is 3.29. The lowest BCUT2D eigenvalue weighted by Crippen LogP contribution is -2.42. The van der Waals surface area contributed by atoms with E-state index in [0.29, 0.717) is 0 Å². The Morgan fingerprint density at radius 2 is 1.89 bits per heavy atom. The Labute approximate surface area is 111 Å². The number of amides is 2. The summed E-state index contributed by atoms with van der Waals surface area (Å²) in [5.41, 5.74) is 0.735. The van der Waals surface area contributed by atoms with Gasteiger partial charge in [0, 0.05) is 14.1 Å². The lowest BCUT2D eigenvalue weighted by Gasteiger charge is -2.22. The Kier molecular flexibility index (Phi) is 5.61. The van der Waals surface area contributed by atoms with Crippen molar-refractivity contribution >= 4 is 23.6 Å². The molecule has 0 saturated carbocycles. The maximum atomic E-state index is 12.0. The van der Waals surface area contributed by atoms with Gasteiger partial charge >= 0.3 is 0 Å². The monoisotopic (exact) mass is 269 g/mol. The number of hydrogen-bond donors (Lipinski definition) is 2. The minimum Gasteiger partial charge on any atom is -0.347 e. The molecule has 18 heavy (non-hydrogen) atoms. The second kappa shape index (κ2) is 6.98. The largest absolute Gasteiger partial charge is 0.347 e. The zero-order valence-corrected chi connectivity index (χ0v) is 11.1. The first-order valence-electron chi connectivity index (χ1n) is 5.45. The minimum atomic E-state index is -0.696. The van der Waals surface area contributed by atoms with Gasteiger partial charge in [0.15, 0.2) is 0 Å². The number of hydrogen-bond acceptors (Lipinski definition) is 3. The Bertz CT molecular complexity index is 409. The minimum absolute atomic E-state index is 0.0500. The molecule has 0 saturated heterocycles. The van der Waals surface area contributed by atoms with Crippen molar-refractivity contribution < 1.29 is 9.59 Å². The average molecular weight is 270 g/mol. The van der Waals surface area contributed by atoms with Crippen molar-refractivity contribution in [3.05, 3.63) is 35.9 Å². The van der Waals surface area contributed by atoms with E-state index in [2.05, 4.69) is 10.2 Å². The van der Waals surface area contributed by atoms with Gasteiger partial charge in [-0.05, 0) is 17.3 Å². The van der Waals surface area contributed by atoms with Gasteiger partial charge in [0.1, 0.15) is 6.04 Å². The fraction of sp³-hybridized carbons (Fsp3) is 0.333. The fourth-order valence-corrected chi connectivity index (χ4v) is 1.59. The molecular weight excluding hydrogens is 254 g/mol. The van der Waals surface area contributed by atoms with Crippen LogP contribution in [0.3, 0.4) is 0 Å². The van der Waals surface area contributed by atoms with E-state index >= 15 is 0 Å². The van der Waals surface area contributed by atoms with Crippen molar-refractivity contribution in [1.82, 2.24) is 15.1 Å². The van der Waals surface area contributed by atoms with E-state index < -0.39 is 6.04 Å². The summed E-state index contributed by atoms with van der Waals surface area (Å²) in [5.74, 6) is -0.529. The van der Waals surface area contributed by atoms with E-state index in [0.717, 1.165) is 5.56 Å². The lowest BCUT2D eigenvalue weighted by atomic mass is 10.1. The molecule has 6 heteroatoms. The standard InChI is InChI=1S/C12H16ClN3O2/c1-16(2)12(18)11(15-10(17)8-14-13)9-6-4-3-5-7-9/h3-7,11,14H,8H2,1-2H3,(H,15,17)/t11-/m0/s1. The summed E-state index contributed by atoms with van der Waals surface area (Å²) >= 11 is 5.26. The number of nitrogens with zero attached hydrogens (tertiary/aromatic N) is 1. The molecule has 0 aliphatic heterocycles. The molecule has 0 aliphatic rings. The van der Waals surface area contributed by atoms with Crippen LogP contribution in [0.15, 0.2) is 30.3 Å². The van der Waals surface area contributed by atoms with E-state index in [1.807, 2.05) is 18.2 Å². The van der Waals surface area contributed by atoms with Gasteiger partial charge in [-0.25, -0.2) is 4.84 Å². The van der Waals surface area contributed by atoms with Gasteiger partial charge in [-0.2, -0.15) is 0 Å². The zero-order valence-electron chi connectivity index (χ0n) is 10.3. The van der Waals surface area contributed by atoms with Gasteiger partial charge in [-0.15, -0.1) is 0 Å².